The van der Waals surface area contributed by atoms with Gasteiger partial charge in [-0.3, -0.25) is 4.99 Å². The summed E-state index contributed by atoms with van der Waals surface area (Å²) in [6.07, 6.45) is 2.90. The van der Waals surface area contributed by atoms with E-state index in [0.29, 0.717) is 23.8 Å². The minimum absolute atomic E-state index is 0. The van der Waals surface area contributed by atoms with Crippen LogP contribution in [0, 0.1) is 0 Å². The van der Waals surface area contributed by atoms with Crippen molar-refractivity contribution in [2.75, 3.05) is 45.2 Å². The molecule has 2 heterocycles. The summed E-state index contributed by atoms with van der Waals surface area (Å²) in [6, 6.07) is 11.2. The Morgan fingerprint density at radius 3 is 2.59 bits per heavy atom. The summed E-state index contributed by atoms with van der Waals surface area (Å²) < 4.78 is 6.05. The largest absolute Gasteiger partial charge is 0.480 e. The van der Waals surface area contributed by atoms with Crippen LogP contribution < -0.4 is 15.0 Å². The molecular formula is C20H26BrIN6O. The average Bonchev–Trinajstić information content (AvgIpc) is 3.52. The third-order valence-electron chi connectivity index (χ3n) is 5.30. The first-order chi connectivity index (χ1) is 13.7. The number of nitrogens with one attached hydrogen (secondary N) is 1. The second-order valence-corrected chi connectivity index (χ2v) is 7.91. The zero-order chi connectivity index (χ0) is 19.5. The van der Waals surface area contributed by atoms with Crippen LogP contribution in [0.25, 0.3) is 0 Å². The number of nitrogens with zero attached hydrogens (tertiary/aromatic N) is 5. The van der Waals surface area contributed by atoms with Crippen molar-refractivity contribution in [3.05, 3.63) is 46.6 Å². The molecule has 1 N–H and O–H groups in total. The highest BCUT2D eigenvalue weighted by Gasteiger charge is 2.39. The van der Waals surface area contributed by atoms with Gasteiger partial charge in [-0.15, -0.1) is 24.0 Å². The monoisotopic (exact) mass is 572 g/mol. The first-order valence-corrected chi connectivity index (χ1v) is 10.3. The Kier molecular flexibility index (Phi) is 7.55. The van der Waals surface area contributed by atoms with Crippen molar-refractivity contribution in [3.8, 4) is 5.88 Å². The average molecular weight is 573 g/mol. The number of aromatic nitrogens is 2. The summed E-state index contributed by atoms with van der Waals surface area (Å²) >= 11 is 3.40. The third kappa shape index (κ3) is 5.11. The molecule has 2 atom stereocenters. The lowest BCUT2D eigenvalue weighted by Gasteiger charge is -2.36. The van der Waals surface area contributed by atoms with Crippen molar-refractivity contribution in [2.45, 2.75) is 18.4 Å². The smallest absolute Gasteiger partial charge is 0.232 e. The number of methoxy groups -OCH3 is 1. The van der Waals surface area contributed by atoms with Gasteiger partial charge in [0.25, 0.3) is 0 Å². The van der Waals surface area contributed by atoms with Crippen molar-refractivity contribution >= 4 is 51.8 Å². The number of anilines is 1. The molecule has 0 amide bonds. The number of hydrogen-bond acceptors (Lipinski definition) is 5. The first-order valence-electron chi connectivity index (χ1n) is 9.54. The van der Waals surface area contributed by atoms with Gasteiger partial charge in [0.05, 0.1) is 17.8 Å². The van der Waals surface area contributed by atoms with E-state index in [1.54, 1.807) is 13.3 Å². The lowest BCUT2D eigenvalue weighted by molar-refractivity contribution is 0.365. The molecule has 29 heavy (non-hydrogen) atoms. The van der Waals surface area contributed by atoms with Crippen LogP contribution in [0.15, 0.2) is 46.0 Å². The number of ether oxygens (including phenoxy) is 1. The summed E-state index contributed by atoms with van der Waals surface area (Å²) in [5.41, 5.74) is 1.40. The van der Waals surface area contributed by atoms with Crippen molar-refractivity contribution < 1.29 is 4.74 Å². The maximum Gasteiger partial charge on any atom is 0.232 e. The molecule has 1 aromatic heterocycles. The maximum absolute atomic E-state index is 5.29. The second-order valence-electron chi connectivity index (χ2n) is 7.05. The lowest BCUT2D eigenvalue weighted by Crippen LogP contribution is -2.53. The molecule has 2 unspecified atom stereocenters. The van der Waals surface area contributed by atoms with Gasteiger partial charge in [0.1, 0.15) is 0 Å². The predicted octanol–water partition coefficient (Wildman–Crippen LogP) is 3.12. The van der Waals surface area contributed by atoms with Crippen LogP contribution in [0.5, 0.6) is 5.88 Å². The molecule has 1 aliphatic heterocycles. The fourth-order valence-corrected chi connectivity index (χ4v) is 4.00. The zero-order valence-corrected chi connectivity index (χ0v) is 20.5. The van der Waals surface area contributed by atoms with Crippen molar-refractivity contribution in [2.24, 2.45) is 4.99 Å². The highest BCUT2D eigenvalue weighted by molar-refractivity contribution is 14.0. The van der Waals surface area contributed by atoms with Crippen LogP contribution in [-0.2, 0) is 0 Å². The van der Waals surface area contributed by atoms with E-state index in [4.69, 9.17) is 4.74 Å². The van der Waals surface area contributed by atoms with Gasteiger partial charge in [-0.2, -0.15) is 4.98 Å². The van der Waals surface area contributed by atoms with Crippen LogP contribution in [0.1, 0.15) is 17.9 Å². The third-order valence-corrected chi connectivity index (χ3v) is 5.84. The van der Waals surface area contributed by atoms with E-state index >= 15 is 0 Å². The van der Waals surface area contributed by atoms with Gasteiger partial charge in [0.2, 0.25) is 11.8 Å². The number of halogens is 2. The normalized spacial score (nSPS) is 21.4. The first kappa shape index (κ1) is 22.1. The lowest BCUT2D eigenvalue weighted by atomic mass is 10.1. The number of piperazine rings is 1. The van der Waals surface area contributed by atoms with Crippen molar-refractivity contribution in [1.29, 1.82) is 0 Å². The van der Waals surface area contributed by atoms with Gasteiger partial charge < -0.3 is 19.9 Å². The van der Waals surface area contributed by atoms with Crippen LogP contribution in [0.3, 0.4) is 0 Å². The molecule has 1 saturated carbocycles. The molecule has 156 valence electrons. The molecule has 1 aromatic carbocycles. The maximum atomic E-state index is 5.29. The molecule has 9 heteroatoms. The van der Waals surface area contributed by atoms with Crippen LogP contribution >= 0.6 is 39.9 Å². The van der Waals surface area contributed by atoms with Crippen LogP contribution in [0.4, 0.5) is 5.95 Å². The van der Waals surface area contributed by atoms with Gasteiger partial charge in [-0.25, -0.2) is 4.98 Å². The molecule has 0 radical (unpaired) electrons. The Bertz CT molecular complexity index is 844. The molecule has 7 nitrogen and oxygen atoms in total. The number of guanidine groups is 1. The molecule has 4 rings (SSSR count). The number of rotatable bonds is 4. The number of aliphatic imine (C=N–C) groups is 1. The Balaban J connectivity index is 0.00000240. The SMILES string of the molecule is CN=C(NC1CC1c1ccccc1)N1CCN(c2ncc(Br)c(OC)n2)CC1.I. The Morgan fingerprint density at radius 1 is 1.21 bits per heavy atom. The Hall–Kier alpha value is -1.62. The van der Waals surface area contributed by atoms with E-state index < -0.39 is 0 Å². The van der Waals surface area contributed by atoms with E-state index in [9.17, 15) is 0 Å². The molecule has 1 aliphatic carbocycles. The summed E-state index contributed by atoms with van der Waals surface area (Å²) in [4.78, 5) is 17.9. The van der Waals surface area contributed by atoms with Gasteiger partial charge in [0.15, 0.2) is 5.96 Å². The standard InChI is InChI=1S/C20H25BrN6O.HI/c1-22-19(24-17-12-15(17)14-6-4-3-5-7-14)26-8-10-27(11-9-26)20-23-13-16(21)18(25-20)28-2;/h3-7,13,15,17H,8-12H2,1-2H3,(H,22,24);1H. The van der Waals surface area contributed by atoms with Gasteiger partial charge >= 0.3 is 0 Å². The summed E-state index contributed by atoms with van der Waals surface area (Å²) in [5, 5.41) is 3.64. The van der Waals surface area contributed by atoms with Crippen LogP contribution in [-0.4, -0.2) is 67.2 Å². The minimum Gasteiger partial charge on any atom is -0.480 e. The number of benzene rings is 1. The Labute approximate surface area is 197 Å². The van der Waals surface area contributed by atoms with Crippen molar-refractivity contribution in [1.82, 2.24) is 20.2 Å². The molecule has 2 fully saturated rings. The molecule has 1 saturated heterocycles. The predicted molar refractivity (Wildman–Crippen MR) is 130 cm³/mol. The fourth-order valence-electron chi connectivity index (χ4n) is 3.64. The van der Waals surface area contributed by atoms with E-state index in [1.807, 2.05) is 7.05 Å². The number of hydrogen-bond donors (Lipinski definition) is 1. The van der Waals surface area contributed by atoms with Gasteiger partial charge in [0, 0.05) is 45.2 Å². The minimum atomic E-state index is 0. The highest BCUT2D eigenvalue weighted by Crippen LogP contribution is 2.40. The summed E-state index contributed by atoms with van der Waals surface area (Å²) in [7, 11) is 3.47. The topological polar surface area (TPSA) is 65.9 Å². The second kappa shape index (κ2) is 9.92. The fraction of sp³-hybridized carbons (Fsp3) is 0.450. The molecule has 0 bridgehead atoms. The highest BCUT2D eigenvalue weighted by atomic mass is 127. The van der Waals surface area contributed by atoms with Gasteiger partial charge in [-0.05, 0) is 27.9 Å². The quantitative estimate of drug-likeness (QED) is 0.345. The molecule has 0 spiro atoms. The van der Waals surface area contributed by atoms with E-state index in [0.717, 1.165) is 43.0 Å². The van der Waals surface area contributed by atoms with E-state index in [-0.39, 0.29) is 24.0 Å². The summed E-state index contributed by atoms with van der Waals surface area (Å²) in [6.45, 7) is 3.45. The van der Waals surface area contributed by atoms with Gasteiger partial charge in [-0.1, -0.05) is 30.3 Å². The van der Waals surface area contributed by atoms with E-state index in [1.165, 1.54) is 5.56 Å². The molecule has 2 aliphatic rings. The van der Waals surface area contributed by atoms with E-state index in [2.05, 4.69) is 76.3 Å². The molecular weight excluding hydrogens is 547 g/mol. The zero-order valence-electron chi connectivity index (χ0n) is 16.6. The Morgan fingerprint density at radius 2 is 1.93 bits per heavy atom. The molecule has 2 aromatic rings. The summed E-state index contributed by atoms with van der Waals surface area (Å²) in [5.74, 6) is 2.83. The van der Waals surface area contributed by atoms with Crippen molar-refractivity contribution in [3.63, 3.8) is 0 Å². The van der Waals surface area contributed by atoms with Crippen LogP contribution in [0.2, 0.25) is 0 Å².